The number of hydrogen-bond acceptors (Lipinski definition) is 2. The van der Waals surface area contributed by atoms with Gasteiger partial charge in [0.05, 0.1) is 0 Å². The fraction of sp³-hybridized carbons (Fsp3) is 0.400. The molecular weight excluding hydrogens is 208 g/mol. The van der Waals surface area contributed by atoms with Crippen molar-refractivity contribution in [2.24, 2.45) is 11.8 Å². The number of allylic oxidation sites excluding steroid dienone is 1. The van der Waals surface area contributed by atoms with Gasteiger partial charge in [0.15, 0.2) is 0 Å². The highest BCUT2D eigenvalue weighted by Crippen LogP contribution is 2.39. The Labute approximate surface area is 102 Å². The number of hydrogen-bond donors (Lipinski definition) is 1. The largest absolute Gasteiger partial charge is 0.316 e. The number of nitrogens with zero attached hydrogens (tertiary/aromatic N) is 1. The lowest BCUT2D eigenvalue weighted by molar-refractivity contribution is 0.323. The standard InChI is InChI=1S/C15H18N2/c1-2-11-5-14(10-17-8-11)13-6-12-3-4-16-9-15(12)7-13/h2,5,7-8,10,12,15-16H,1,3-4,6,9H2. The zero-order chi connectivity index (χ0) is 11.7. The van der Waals surface area contributed by atoms with Crippen molar-refractivity contribution in [1.29, 1.82) is 0 Å². The highest BCUT2D eigenvalue weighted by molar-refractivity contribution is 5.69. The molecule has 1 aromatic rings. The molecule has 0 bridgehead atoms. The molecular formula is C15H18N2. The maximum Gasteiger partial charge on any atom is 0.0343 e. The fourth-order valence-electron chi connectivity index (χ4n) is 2.95. The molecule has 2 atom stereocenters. The quantitative estimate of drug-likeness (QED) is 0.838. The van der Waals surface area contributed by atoms with E-state index < -0.39 is 0 Å². The van der Waals surface area contributed by atoms with Crippen molar-refractivity contribution in [3.8, 4) is 0 Å². The smallest absolute Gasteiger partial charge is 0.0343 e. The minimum absolute atomic E-state index is 0.728. The van der Waals surface area contributed by atoms with E-state index in [4.69, 9.17) is 0 Å². The van der Waals surface area contributed by atoms with Crippen LogP contribution < -0.4 is 5.32 Å². The van der Waals surface area contributed by atoms with Gasteiger partial charge < -0.3 is 5.32 Å². The van der Waals surface area contributed by atoms with Crippen LogP contribution >= 0.6 is 0 Å². The van der Waals surface area contributed by atoms with Crippen LogP contribution in [0.5, 0.6) is 0 Å². The maximum atomic E-state index is 4.29. The van der Waals surface area contributed by atoms with Gasteiger partial charge in [0.1, 0.15) is 0 Å². The Balaban J connectivity index is 1.87. The molecule has 1 saturated heterocycles. The predicted octanol–water partition coefficient (Wildman–Crippen LogP) is 2.74. The van der Waals surface area contributed by atoms with Gasteiger partial charge in [0, 0.05) is 18.9 Å². The van der Waals surface area contributed by atoms with Crippen molar-refractivity contribution in [2.45, 2.75) is 12.8 Å². The van der Waals surface area contributed by atoms with Gasteiger partial charge in [0.2, 0.25) is 0 Å². The fourth-order valence-corrected chi connectivity index (χ4v) is 2.95. The van der Waals surface area contributed by atoms with Crippen LogP contribution in [0.4, 0.5) is 0 Å². The van der Waals surface area contributed by atoms with Crippen LogP contribution in [-0.2, 0) is 0 Å². The van der Waals surface area contributed by atoms with Gasteiger partial charge in [-0.2, -0.15) is 0 Å². The molecule has 0 aromatic carbocycles. The molecule has 2 aliphatic rings. The SMILES string of the molecule is C=Cc1cncc(C2=CC3CNCCC3C2)c1. The molecule has 0 spiro atoms. The lowest BCUT2D eigenvalue weighted by Crippen LogP contribution is -2.33. The Hall–Kier alpha value is -1.41. The summed E-state index contributed by atoms with van der Waals surface area (Å²) in [5, 5.41) is 3.47. The van der Waals surface area contributed by atoms with E-state index in [0.29, 0.717) is 0 Å². The van der Waals surface area contributed by atoms with Crippen LogP contribution in [0.3, 0.4) is 0 Å². The normalized spacial score (nSPS) is 27.4. The molecule has 1 N–H and O–H groups in total. The third kappa shape index (κ3) is 2.05. The zero-order valence-corrected chi connectivity index (χ0v) is 10.0. The van der Waals surface area contributed by atoms with Crippen molar-refractivity contribution in [2.75, 3.05) is 13.1 Å². The van der Waals surface area contributed by atoms with E-state index in [2.05, 4.69) is 29.0 Å². The molecule has 2 unspecified atom stereocenters. The molecule has 0 saturated carbocycles. The molecule has 17 heavy (non-hydrogen) atoms. The van der Waals surface area contributed by atoms with Gasteiger partial charge in [-0.05, 0) is 54.0 Å². The summed E-state index contributed by atoms with van der Waals surface area (Å²) in [7, 11) is 0. The number of nitrogens with one attached hydrogen (secondary N) is 1. The Kier molecular flexibility index (Phi) is 2.81. The van der Waals surface area contributed by atoms with Gasteiger partial charge in [0.25, 0.3) is 0 Å². The van der Waals surface area contributed by atoms with E-state index in [1.54, 1.807) is 0 Å². The van der Waals surface area contributed by atoms with Gasteiger partial charge in [-0.25, -0.2) is 0 Å². The van der Waals surface area contributed by atoms with E-state index in [0.717, 1.165) is 23.9 Å². The minimum Gasteiger partial charge on any atom is -0.316 e. The van der Waals surface area contributed by atoms with E-state index in [-0.39, 0.29) is 0 Å². The van der Waals surface area contributed by atoms with Gasteiger partial charge in [-0.3, -0.25) is 4.98 Å². The van der Waals surface area contributed by atoms with Crippen LogP contribution in [0.1, 0.15) is 24.0 Å². The third-order valence-electron chi connectivity index (χ3n) is 3.94. The van der Waals surface area contributed by atoms with Crippen LogP contribution in [-0.4, -0.2) is 18.1 Å². The van der Waals surface area contributed by atoms with Crippen molar-refractivity contribution < 1.29 is 0 Å². The summed E-state index contributed by atoms with van der Waals surface area (Å²) in [4.78, 5) is 4.29. The van der Waals surface area contributed by atoms with Crippen LogP contribution in [0, 0.1) is 11.8 Å². The van der Waals surface area contributed by atoms with E-state index in [1.807, 2.05) is 18.5 Å². The number of fused-ring (bicyclic) bond motifs is 1. The highest BCUT2D eigenvalue weighted by atomic mass is 14.9. The topological polar surface area (TPSA) is 24.9 Å². The third-order valence-corrected chi connectivity index (χ3v) is 3.94. The van der Waals surface area contributed by atoms with Crippen molar-refractivity contribution in [3.05, 3.63) is 42.2 Å². The van der Waals surface area contributed by atoms with Gasteiger partial charge >= 0.3 is 0 Å². The molecule has 0 amide bonds. The van der Waals surface area contributed by atoms with Crippen LogP contribution in [0.2, 0.25) is 0 Å². The first kappa shape index (κ1) is 10.7. The van der Waals surface area contributed by atoms with Gasteiger partial charge in [-0.1, -0.05) is 18.7 Å². The zero-order valence-electron chi connectivity index (χ0n) is 10.0. The molecule has 0 radical (unpaired) electrons. The molecule has 88 valence electrons. The Morgan fingerprint density at radius 1 is 1.41 bits per heavy atom. The molecule has 2 heterocycles. The second-order valence-electron chi connectivity index (χ2n) is 5.02. The molecule has 1 aromatic heterocycles. The number of aromatic nitrogens is 1. The molecule has 3 rings (SSSR count). The van der Waals surface area contributed by atoms with Crippen molar-refractivity contribution in [3.63, 3.8) is 0 Å². The van der Waals surface area contributed by atoms with E-state index >= 15 is 0 Å². The first-order chi connectivity index (χ1) is 8.36. The maximum absolute atomic E-state index is 4.29. The van der Waals surface area contributed by atoms with E-state index in [9.17, 15) is 0 Å². The first-order valence-corrected chi connectivity index (χ1v) is 6.36. The summed E-state index contributed by atoms with van der Waals surface area (Å²) in [6.07, 6.45) is 10.7. The Bertz CT molecular complexity index is 462. The Morgan fingerprint density at radius 2 is 2.35 bits per heavy atom. The predicted molar refractivity (Wildman–Crippen MR) is 71.4 cm³/mol. The minimum atomic E-state index is 0.728. The van der Waals surface area contributed by atoms with Crippen LogP contribution in [0.25, 0.3) is 11.6 Å². The highest BCUT2D eigenvalue weighted by Gasteiger charge is 2.29. The summed E-state index contributed by atoms with van der Waals surface area (Å²) in [6.45, 7) is 6.12. The molecule has 2 nitrogen and oxygen atoms in total. The lowest BCUT2D eigenvalue weighted by atomic mass is 9.89. The first-order valence-electron chi connectivity index (χ1n) is 6.36. The molecule has 1 aliphatic carbocycles. The summed E-state index contributed by atoms with van der Waals surface area (Å²) in [6, 6.07) is 2.19. The number of pyridine rings is 1. The van der Waals surface area contributed by atoms with Crippen molar-refractivity contribution in [1.82, 2.24) is 10.3 Å². The summed E-state index contributed by atoms with van der Waals surface area (Å²) < 4.78 is 0. The number of piperidine rings is 1. The van der Waals surface area contributed by atoms with Crippen LogP contribution in [0.15, 0.2) is 31.1 Å². The lowest BCUT2D eigenvalue weighted by Gasteiger charge is -2.25. The monoisotopic (exact) mass is 226 g/mol. The molecule has 1 fully saturated rings. The van der Waals surface area contributed by atoms with Crippen molar-refractivity contribution >= 4 is 11.6 Å². The summed E-state index contributed by atoms with van der Waals surface area (Å²) in [5.41, 5.74) is 3.85. The average Bonchev–Trinajstić information content (AvgIpc) is 2.82. The van der Waals surface area contributed by atoms with E-state index in [1.165, 1.54) is 30.5 Å². The average molecular weight is 226 g/mol. The second-order valence-corrected chi connectivity index (χ2v) is 5.02. The summed E-state index contributed by atoms with van der Waals surface area (Å²) in [5.74, 6) is 1.57. The number of rotatable bonds is 2. The Morgan fingerprint density at radius 3 is 3.18 bits per heavy atom. The molecule has 1 aliphatic heterocycles. The molecule has 2 heteroatoms. The second kappa shape index (κ2) is 4.46. The van der Waals surface area contributed by atoms with Gasteiger partial charge in [-0.15, -0.1) is 0 Å². The summed E-state index contributed by atoms with van der Waals surface area (Å²) >= 11 is 0.